The van der Waals surface area contributed by atoms with Gasteiger partial charge in [0.25, 0.3) is 5.91 Å². The molecular formula is C22H25BrN2O4. The Bertz CT molecular complexity index is 890. The Morgan fingerprint density at radius 3 is 2.31 bits per heavy atom. The number of carbonyl (C=O) groups excluding carboxylic acids is 2. The second kappa shape index (κ2) is 9.31. The summed E-state index contributed by atoms with van der Waals surface area (Å²) in [4.78, 5) is 28.8. The van der Waals surface area contributed by atoms with Crippen molar-refractivity contribution in [2.24, 2.45) is 0 Å². The molecule has 2 aromatic carbocycles. The number of aromatic hydroxyl groups is 1. The predicted octanol–water partition coefficient (Wildman–Crippen LogP) is 3.39. The lowest BCUT2D eigenvalue weighted by molar-refractivity contribution is -0.132. The highest BCUT2D eigenvalue weighted by molar-refractivity contribution is 9.10. The maximum atomic E-state index is 12.8. The number of halogens is 1. The minimum Gasteiger partial charge on any atom is -0.506 e. The molecule has 0 spiro atoms. The second-order valence-corrected chi connectivity index (χ2v) is 8.02. The number of phenolic OH excluding ortho intramolecular Hbond substituents is 1. The van der Waals surface area contributed by atoms with E-state index in [2.05, 4.69) is 15.9 Å². The lowest BCUT2D eigenvalue weighted by Crippen LogP contribution is -2.50. The van der Waals surface area contributed by atoms with Crippen LogP contribution in [0.25, 0.3) is 0 Å². The third-order valence-corrected chi connectivity index (χ3v) is 5.75. The van der Waals surface area contributed by atoms with Gasteiger partial charge in [0, 0.05) is 32.6 Å². The number of amides is 2. The van der Waals surface area contributed by atoms with Crippen LogP contribution in [0, 0.1) is 6.92 Å². The summed E-state index contributed by atoms with van der Waals surface area (Å²) in [5, 5.41) is 10.2. The van der Waals surface area contributed by atoms with E-state index in [0.29, 0.717) is 43.5 Å². The van der Waals surface area contributed by atoms with Gasteiger partial charge in [-0.3, -0.25) is 9.59 Å². The summed E-state index contributed by atoms with van der Waals surface area (Å²) >= 11 is 3.28. The molecule has 0 unspecified atom stereocenters. The molecule has 2 amide bonds. The van der Waals surface area contributed by atoms with Crippen molar-refractivity contribution in [1.82, 2.24) is 9.80 Å². The molecule has 0 radical (unpaired) electrons. The Hall–Kier alpha value is -2.54. The molecule has 2 aromatic rings. The van der Waals surface area contributed by atoms with Crippen LogP contribution < -0.4 is 4.74 Å². The standard InChI is InChI=1S/C22H25BrN2O4/c1-15-13-18(21(27)19(23)14-15)22(28)25-11-9-24(10-12-25)20(26)8-5-16-3-6-17(29-2)7-4-16/h3-4,6-7,13-14,27H,5,8-12H2,1-2H3. The molecule has 0 atom stereocenters. The molecule has 1 N–H and O–H groups in total. The topological polar surface area (TPSA) is 70.1 Å². The summed E-state index contributed by atoms with van der Waals surface area (Å²) in [5.41, 5.74) is 2.27. The number of carbonyl (C=O) groups is 2. The van der Waals surface area contributed by atoms with Gasteiger partial charge in [0.05, 0.1) is 17.1 Å². The molecule has 7 heteroatoms. The molecular weight excluding hydrogens is 436 g/mol. The van der Waals surface area contributed by atoms with E-state index in [1.165, 1.54) is 0 Å². The number of aryl methyl sites for hydroxylation is 2. The van der Waals surface area contributed by atoms with Crippen molar-refractivity contribution in [3.8, 4) is 11.5 Å². The minimum absolute atomic E-state index is 0.0430. The first kappa shape index (κ1) is 21.2. The first-order valence-electron chi connectivity index (χ1n) is 9.58. The number of hydrogen-bond acceptors (Lipinski definition) is 4. The number of rotatable bonds is 5. The van der Waals surface area contributed by atoms with Crippen molar-refractivity contribution in [2.75, 3.05) is 33.3 Å². The molecule has 0 aliphatic carbocycles. The van der Waals surface area contributed by atoms with Crippen LogP contribution in [0.3, 0.4) is 0 Å². The van der Waals surface area contributed by atoms with E-state index in [-0.39, 0.29) is 23.1 Å². The average molecular weight is 461 g/mol. The quantitative estimate of drug-likeness (QED) is 0.742. The maximum Gasteiger partial charge on any atom is 0.257 e. The van der Waals surface area contributed by atoms with E-state index in [0.717, 1.165) is 16.9 Å². The van der Waals surface area contributed by atoms with E-state index in [1.54, 1.807) is 29.0 Å². The molecule has 0 bridgehead atoms. The third kappa shape index (κ3) is 5.09. The average Bonchev–Trinajstić information content (AvgIpc) is 2.74. The Morgan fingerprint density at radius 1 is 1.07 bits per heavy atom. The van der Waals surface area contributed by atoms with E-state index in [9.17, 15) is 14.7 Å². The lowest BCUT2D eigenvalue weighted by Gasteiger charge is -2.35. The highest BCUT2D eigenvalue weighted by Crippen LogP contribution is 2.30. The van der Waals surface area contributed by atoms with Crippen molar-refractivity contribution < 1.29 is 19.4 Å². The van der Waals surface area contributed by atoms with Crippen molar-refractivity contribution in [3.63, 3.8) is 0 Å². The number of piperazine rings is 1. The number of hydrogen-bond donors (Lipinski definition) is 1. The molecule has 0 aromatic heterocycles. The van der Waals surface area contributed by atoms with Gasteiger partial charge in [0.15, 0.2) is 0 Å². The largest absolute Gasteiger partial charge is 0.506 e. The Labute approximate surface area is 179 Å². The zero-order chi connectivity index (χ0) is 21.0. The summed E-state index contributed by atoms with van der Waals surface area (Å²) in [5.74, 6) is 0.637. The first-order chi connectivity index (χ1) is 13.9. The van der Waals surface area contributed by atoms with Crippen molar-refractivity contribution in [3.05, 3.63) is 57.6 Å². The Morgan fingerprint density at radius 2 is 1.69 bits per heavy atom. The lowest BCUT2D eigenvalue weighted by atomic mass is 10.1. The van der Waals surface area contributed by atoms with Gasteiger partial charge in [-0.15, -0.1) is 0 Å². The second-order valence-electron chi connectivity index (χ2n) is 7.16. The summed E-state index contributed by atoms with van der Waals surface area (Å²) < 4.78 is 5.65. The smallest absolute Gasteiger partial charge is 0.257 e. The van der Waals surface area contributed by atoms with Gasteiger partial charge in [-0.1, -0.05) is 12.1 Å². The number of nitrogens with zero attached hydrogens (tertiary/aromatic N) is 2. The fourth-order valence-corrected chi connectivity index (χ4v) is 4.00. The fraction of sp³-hybridized carbons (Fsp3) is 0.364. The molecule has 1 fully saturated rings. The molecule has 154 valence electrons. The van der Waals surface area contributed by atoms with E-state index >= 15 is 0 Å². The summed E-state index contributed by atoms with van der Waals surface area (Å²) in [6.45, 7) is 3.79. The summed E-state index contributed by atoms with van der Waals surface area (Å²) in [6.07, 6.45) is 1.11. The highest BCUT2D eigenvalue weighted by atomic mass is 79.9. The summed E-state index contributed by atoms with van der Waals surface area (Å²) in [7, 11) is 1.63. The molecule has 1 heterocycles. The normalized spacial score (nSPS) is 14.0. The van der Waals surface area contributed by atoms with Gasteiger partial charge in [0.2, 0.25) is 5.91 Å². The van der Waals surface area contributed by atoms with Gasteiger partial charge in [-0.2, -0.15) is 0 Å². The van der Waals surface area contributed by atoms with Gasteiger partial charge >= 0.3 is 0 Å². The number of phenols is 1. The van der Waals surface area contributed by atoms with Crippen LogP contribution >= 0.6 is 15.9 Å². The predicted molar refractivity (Wildman–Crippen MR) is 114 cm³/mol. The molecule has 1 aliphatic heterocycles. The van der Waals surface area contributed by atoms with Crippen molar-refractivity contribution in [1.29, 1.82) is 0 Å². The highest BCUT2D eigenvalue weighted by Gasteiger charge is 2.26. The van der Waals surface area contributed by atoms with E-state index in [4.69, 9.17) is 4.74 Å². The minimum atomic E-state index is -0.211. The molecule has 29 heavy (non-hydrogen) atoms. The van der Waals surface area contributed by atoms with Crippen molar-refractivity contribution >= 4 is 27.7 Å². The Balaban J connectivity index is 1.53. The van der Waals surface area contributed by atoms with Gasteiger partial charge in [-0.25, -0.2) is 0 Å². The van der Waals surface area contributed by atoms with Crippen LogP contribution in [-0.4, -0.2) is 60.0 Å². The van der Waals surface area contributed by atoms with E-state index < -0.39 is 0 Å². The molecule has 6 nitrogen and oxygen atoms in total. The van der Waals surface area contributed by atoms with Crippen LogP contribution in [0.15, 0.2) is 40.9 Å². The molecule has 1 aliphatic rings. The zero-order valence-corrected chi connectivity index (χ0v) is 18.2. The van der Waals surface area contributed by atoms with Crippen LogP contribution in [0.2, 0.25) is 0 Å². The Kier molecular flexibility index (Phi) is 6.79. The van der Waals surface area contributed by atoms with Gasteiger partial charge < -0.3 is 19.6 Å². The van der Waals surface area contributed by atoms with Gasteiger partial charge in [0.1, 0.15) is 11.5 Å². The number of benzene rings is 2. The van der Waals surface area contributed by atoms with Crippen LogP contribution in [0.4, 0.5) is 0 Å². The number of ether oxygens (including phenoxy) is 1. The third-order valence-electron chi connectivity index (χ3n) is 5.14. The monoisotopic (exact) mass is 460 g/mol. The zero-order valence-electron chi connectivity index (χ0n) is 16.7. The SMILES string of the molecule is COc1ccc(CCC(=O)N2CCN(C(=O)c3cc(C)cc(Br)c3O)CC2)cc1. The molecule has 0 saturated carbocycles. The fourth-order valence-electron chi connectivity index (χ4n) is 3.43. The molecule has 3 rings (SSSR count). The maximum absolute atomic E-state index is 12.8. The van der Waals surface area contributed by atoms with Crippen LogP contribution in [0.1, 0.15) is 27.9 Å². The first-order valence-corrected chi connectivity index (χ1v) is 10.4. The van der Waals surface area contributed by atoms with Crippen LogP contribution in [0.5, 0.6) is 11.5 Å². The van der Waals surface area contributed by atoms with Crippen molar-refractivity contribution in [2.45, 2.75) is 19.8 Å². The van der Waals surface area contributed by atoms with Gasteiger partial charge in [-0.05, 0) is 64.7 Å². The van der Waals surface area contributed by atoms with Crippen LogP contribution in [-0.2, 0) is 11.2 Å². The molecule has 1 saturated heterocycles. The number of methoxy groups -OCH3 is 1. The van der Waals surface area contributed by atoms with E-state index in [1.807, 2.05) is 31.2 Å². The summed E-state index contributed by atoms with van der Waals surface area (Å²) in [6, 6.07) is 11.2.